The number of amides is 1. The lowest BCUT2D eigenvalue weighted by atomic mass is 10.0. The second kappa shape index (κ2) is 59.2. The maximum Gasteiger partial charge on any atom is 0.305 e. The van der Waals surface area contributed by atoms with Gasteiger partial charge in [0.2, 0.25) is 5.91 Å². The summed E-state index contributed by atoms with van der Waals surface area (Å²) in [7, 11) is 0. The van der Waals surface area contributed by atoms with Gasteiger partial charge in [0, 0.05) is 12.8 Å². The highest BCUT2D eigenvalue weighted by Crippen LogP contribution is 2.18. The fraction of sp³-hybridized carbons (Fsp3) is 0.937. The molecule has 0 saturated heterocycles. The Morgan fingerprint density at radius 3 is 1.03 bits per heavy atom. The Labute approximate surface area is 431 Å². The fourth-order valence-electron chi connectivity index (χ4n) is 9.99. The summed E-state index contributed by atoms with van der Waals surface area (Å²) in [5.74, 6) is -0.0183. The molecular formula is C63H123NO5. The first-order chi connectivity index (χ1) is 34.0. The monoisotopic (exact) mass is 974 g/mol. The molecule has 6 heteroatoms. The molecule has 3 N–H and O–H groups in total. The van der Waals surface area contributed by atoms with Crippen molar-refractivity contribution >= 4 is 11.9 Å². The molecule has 0 aromatic heterocycles. The Morgan fingerprint density at radius 2 is 0.681 bits per heavy atom. The lowest BCUT2D eigenvalue weighted by Crippen LogP contribution is -2.45. The smallest absolute Gasteiger partial charge is 0.305 e. The lowest BCUT2D eigenvalue weighted by Gasteiger charge is -2.22. The number of carbonyl (C=O) groups excluding carboxylic acids is 2. The summed E-state index contributed by atoms with van der Waals surface area (Å²) >= 11 is 0. The highest BCUT2D eigenvalue weighted by Gasteiger charge is 2.20. The van der Waals surface area contributed by atoms with Gasteiger partial charge in [-0.3, -0.25) is 9.59 Å². The van der Waals surface area contributed by atoms with Gasteiger partial charge in [-0.2, -0.15) is 0 Å². The molecule has 0 spiro atoms. The van der Waals surface area contributed by atoms with Crippen LogP contribution >= 0.6 is 0 Å². The summed E-state index contributed by atoms with van der Waals surface area (Å²) in [6.45, 7) is 4.97. The van der Waals surface area contributed by atoms with Crippen LogP contribution in [0.4, 0.5) is 0 Å². The molecule has 2 unspecified atom stereocenters. The molecule has 410 valence electrons. The number of aliphatic hydroxyl groups excluding tert-OH is 2. The van der Waals surface area contributed by atoms with Crippen LogP contribution in [0.3, 0.4) is 0 Å². The van der Waals surface area contributed by atoms with Crippen LogP contribution in [0.25, 0.3) is 0 Å². The molecule has 1 amide bonds. The summed E-state index contributed by atoms with van der Waals surface area (Å²) in [4.78, 5) is 24.5. The third-order valence-electron chi connectivity index (χ3n) is 14.8. The van der Waals surface area contributed by atoms with E-state index in [-0.39, 0.29) is 18.5 Å². The summed E-state index contributed by atoms with van der Waals surface area (Å²) in [6, 6.07) is -0.541. The van der Waals surface area contributed by atoms with E-state index >= 15 is 0 Å². The van der Waals surface area contributed by atoms with Crippen molar-refractivity contribution in [3.05, 3.63) is 12.2 Å². The van der Waals surface area contributed by atoms with Crippen molar-refractivity contribution in [2.75, 3.05) is 13.2 Å². The van der Waals surface area contributed by atoms with Gasteiger partial charge in [-0.25, -0.2) is 0 Å². The average molecular weight is 975 g/mol. The average Bonchev–Trinajstić information content (AvgIpc) is 3.35. The number of hydrogen-bond acceptors (Lipinski definition) is 5. The predicted molar refractivity (Wildman–Crippen MR) is 301 cm³/mol. The first kappa shape index (κ1) is 67.6. The number of nitrogens with one attached hydrogen (secondary N) is 1. The van der Waals surface area contributed by atoms with E-state index in [0.717, 1.165) is 38.5 Å². The molecule has 6 nitrogen and oxygen atoms in total. The van der Waals surface area contributed by atoms with Crippen molar-refractivity contribution in [3.63, 3.8) is 0 Å². The number of aliphatic hydroxyl groups is 2. The van der Waals surface area contributed by atoms with E-state index in [1.165, 1.54) is 283 Å². The van der Waals surface area contributed by atoms with E-state index in [0.29, 0.717) is 25.9 Å². The van der Waals surface area contributed by atoms with Crippen molar-refractivity contribution in [1.29, 1.82) is 0 Å². The van der Waals surface area contributed by atoms with E-state index in [4.69, 9.17) is 4.74 Å². The standard InChI is InChI=1S/C63H123NO5/c1-3-5-7-9-11-13-15-16-32-36-39-43-47-51-55-61(66)60(59-65)64-62(67)56-52-48-44-40-37-33-30-28-26-24-22-20-18-17-19-21-23-25-27-29-31-34-38-42-46-50-54-58-69-63(68)57-53-49-45-41-35-14-12-10-8-6-4-2/h17-18,60-61,65-66H,3-16,19-59H2,1-2H3,(H,64,67)/b18-17-. The highest BCUT2D eigenvalue weighted by atomic mass is 16.5. The molecule has 0 aliphatic rings. The first-order valence-electron chi connectivity index (χ1n) is 31.4. The largest absolute Gasteiger partial charge is 0.466 e. The number of allylic oxidation sites excluding steroid dienone is 2. The second-order valence-electron chi connectivity index (χ2n) is 21.7. The number of rotatable bonds is 59. The normalized spacial score (nSPS) is 12.6. The molecule has 0 aliphatic carbocycles. The maximum atomic E-state index is 12.5. The Morgan fingerprint density at radius 1 is 0.391 bits per heavy atom. The van der Waals surface area contributed by atoms with Crippen molar-refractivity contribution in [2.24, 2.45) is 0 Å². The Balaban J connectivity index is 3.37. The molecule has 0 radical (unpaired) electrons. The number of ether oxygens (including phenoxy) is 1. The van der Waals surface area contributed by atoms with Gasteiger partial charge in [0.15, 0.2) is 0 Å². The van der Waals surface area contributed by atoms with Crippen LogP contribution in [0, 0.1) is 0 Å². The minimum Gasteiger partial charge on any atom is -0.466 e. The number of carbonyl (C=O) groups is 2. The zero-order valence-corrected chi connectivity index (χ0v) is 46.8. The van der Waals surface area contributed by atoms with Crippen molar-refractivity contribution in [1.82, 2.24) is 5.32 Å². The summed E-state index contributed by atoms with van der Waals surface area (Å²) in [5.41, 5.74) is 0. The van der Waals surface area contributed by atoms with Crippen molar-refractivity contribution in [3.8, 4) is 0 Å². The fourth-order valence-corrected chi connectivity index (χ4v) is 9.99. The predicted octanol–water partition coefficient (Wildman–Crippen LogP) is 19.6. The molecule has 0 saturated carbocycles. The SMILES string of the molecule is CCCCCCCCCCCCCCCCC(O)C(CO)NC(=O)CCCCCCCCCCCCC/C=C\CCCCCCCCCCCCCCOC(=O)CCCCCCCCCCCCC. The topological polar surface area (TPSA) is 95.9 Å². The van der Waals surface area contributed by atoms with Crippen LogP contribution in [-0.2, 0) is 14.3 Å². The third-order valence-corrected chi connectivity index (χ3v) is 14.8. The minimum atomic E-state index is -0.663. The van der Waals surface area contributed by atoms with Crippen molar-refractivity contribution < 1.29 is 24.5 Å². The van der Waals surface area contributed by atoms with Gasteiger partial charge in [-0.15, -0.1) is 0 Å². The van der Waals surface area contributed by atoms with Gasteiger partial charge in [0.25, 0.3) is 0 Å². The molecular weight excluding hydrogens is 851 g/mol. The molecule has 0 aliphatic heterocycles. The van der Waals surface area contributed by atoms with Gasteiger partial charge in [-0.1, -0.05) is 302 Å². The van der Waals surface area contributed by atoms with Gasteiger partial charge in [0.1, 0.15) is 0 Å². The molecule has 0 fully saturated rings. The first-order valence-corrected chi connectivity index (χ1v) is 31.4. The van der Waals surface area contributed by atoms with E-state index in [1.807, 2.05) is 0 Å². The molecule has 2 atom stereocenters. The van der Waals surface area contributed by atoms with Gasteiger partial charge in [-0.05, 0) is 51.4 Å². The van der Waals surface area contributed by atoms with Gasteiger partial charge >= 0.3 is 5.97 Å². The van der Waals surface area contributed by atoms with Crippen LogP contribution in [0.5, 0.6) is 0 Å². The minimum absolute atomic E-state index is 0.0153. The zero-order chi connectivity index (χ0) is 50.0. The van der Waals surface area contributed by atoms with Crippen LogP contribution in [0.2, 0.25) is 0 Å². The third kappa shape index (κ3) is 55.8. The Bertz CT molecular complexity index is 1030. The van der Waals surface area contributed by atoms with E-state index in [9.17, 15) is 19.8 Å². The Kier molecular flexibility index (Phi) is 58.0. The highest BCUT2D eigenvalue weighted by molar-refractivity contribution is 5.76. The molecule has 0 rings (SSSR count). The van der Waals surface area contributed by atoms with Gasteiger partial charge in [0.05, 0.1) is 25.4 Å². The second-order valence-corrected chi connectivity index (χ2v) is 21.7. The van der Waals surface area contributed by atoms with E-state index in [2.05, 4.69) is 31.3 Å². The molecule has 0 aromatic rings. The number of unbranched alkanes of at least 4 members (excludes halogenated alkanes) is 46. The lowest BCUT2D eigenvalue weighted by molar-refractivity contribution is -0.143. The van der Waals surface area contributed by atoms with Crippen LogP contribution in [0.1, 0.15) is 354 Å². The number of hydrogen-bond donors (Lipinski definition) is 3. The molecule has 0 aromatic carbocycles. The van der Waals surface area contributed by atoms with Crippen molar-refractivity contribution in [2.45, 2.75) is 366 Å². The molecule has 69 heavy (non-hydrogen) atoms. The summed E-state index contributed by atoms with van der Waals surface area (Å²) in [5, 5.41) is 23.3. The Hall–Kier alpha value is -1.40. The summed E-state index contributed by atoms with van der Waals surface area (Å²) in [6.07, 6.45) is 70.9. The van der Waals surface area contributed by atoms with Crippen LogP contribution in [0.15, 0.2) is 12.2 Å². The van der Waals surface area contributed by atoms with Crippen LogP contribution < -0.4 is 5.32 Å². The molecule has 0 bridgehead atoms. The van der Waals surface area contributed by atoms with Crippen LogP contribution in [-0.4, -0.2) is 47.4 Å². The zero-order valence-electron chi connectivity index (χ0n) is 46.8. The maximum absolute atomic E-state index is 12.5. The summed E-state index contributed by atoms with van der Waals surface area (Å²) < 4.78 is 5.47. The van der Waals surface area contributed by atoms with E-state index in [1.54, 1.807) is 0 Å². The van der Waals surface area contributed by atoms with E-state index < -0.39 is 12.1 Å². The van der Waals surface area contributed by atoms with Gasteiger partial charge < -0.3 is 20.3 Å². The molecule has 0 heterocycles. The quantitative estimate of drug-likeness (QED) is 0.0321. The number of esters is 1.